The van der Waals surface area contributed by atoms with Crippen molar-refractivity contribution in [3.63, 3.8) is 0 Å². The highest BCUT2D eigenvalue weighted by Crippen LogP contribution is 2.18. The van der Waals surface area contributed by atoms with Crippen molar-refractivity contribution in [3.05, 3.63) is 53.9 Å². The molecule has 0 spiro atoms. The van der Waals surface area contributed by atoms with Crippen LogP contribution in [0.25, 0.3) is 0 Å². The van der Waals surface area contributed by atoms with Gasteiger partial charge in [-0.05, 0) is 42.2 Å². The molecule has 1 N–H and O–H groups in total. The molecule has 4 nitrogen and oxygen atoms in total. The van der Waals surface area contributed by atoms with Crippen LogP contribution < -0.4 is 10.2 Å². The van der Waals surface area contributed by atoms with Crippen molar-refractivity contribution >= 4 is 17.3 Å². The van der Waals surface area contributed by atoms with Gasteiger partial charge in [0, 0.05) is 31.2 Å². The molecule has 1 aromatic heterocycles. The number of anilines is 2. The summed E-state index contributed by atoms with van der Waals surface area (Å²) >= 11 is 0. The maximum atomic E-state index is 12.4. The van der Waals surface area contributed by atoms with E-state index >= 15 is 0 Å². The SMILES string of the molecule is CCCCN(C)c1ccnc(C(=O)Nc2ccc(C(C)C)cc2)c1. The van der Waals surface area contributed by atoms with E-state index in [0.29, 0.717) is 11.6 Å². The lowest BCUT2D eigenvalue weighted by Crippen LogP contribution is -2.20. The largest absolute Gasteiger partial charge is 0.374 e. The molecule has 0 saturated heterocycles. The van der Waals surface area contributed by atoms with Crippen LogP contribution in [0.2, 0.25) is 0 Å². The summed E-state index contributed by atoms with van der Waals surface area (Å²) in [5, 5.41) is 2.91. The summed E-state index contributed by atoms with van der Waals surface area (Å²) in [6.45, 7) is 7.44. The minimum atomic E-state index is -0.182. The standard InChI is InChI=1S/C20H27N3O/c1-5-6-13-23(4)18-11-12-21-19(14-18)20(24)22-17-9-7-16(8-10-17)15(2)3/h7-12,14-15H,5-6,13H2,1-4H3,(H,22,24). The van der Waals surface area contributed by atoms with E-state index in [-0.39, 0.29) is 5.91 Å². The third-order valence-corrected chi connectivity index (χ3v) is 4.10. The average Bonchev–Trinajstić information content (AvgIpc) is 2.60. The molecule has 1 amide bonds. The molecule has 0 aliphatic heterocycles. The Morgan fingerprint density at radius 1 is 1.21 bits per heavy atom. The van der Waals surface area contributed by atoms with E-state index in [4.69, 9.17) is 0 Å². The van der Waals surface area contributed by atoms with E-state index < -0.39 is 0 Å². The fourth-order valence-corrected chi connectivity index (χ4v) is 2.45. The quantitative estimate of drug-likeness (QED) is 0.803. The number of rotatable bonds is 7. The van der Waals surface area contributed by atoms with Gasteiger partial charge in [0.15, 0.2) is 0 Å². The Labute approximate surface area is 144 Å². The first-order chi connectivity index (χ1) is 11.5. The molecule has 0 fully saturated rings. The second-order valence-corrected chi connectivity index (χ2v) is 6.41. The monoisotopic (exact) mass is 325 g/mol. The van der Waals surface area contributed by atoms with Gasteiger partial charge in [0.1, 0.15) is 5.69 Å². The minimum Gasteiger partial charge on any atom is -0.374 e. The normalized spacial score (nSPS) is 10.7. The highest BCUT2D eigenvalue weighted by molar-refractivity contribution is 6.03. The van der Waals surface area contributed by atoms with Crippen LogP contribution >= 0.6 is 0 Å². The van der Waals surface area contributed by atoms with Crippen LogP contribution in [0.5, 0.6) is 0 Å². The molecule has 0 aliphatic rings. The van der Waals surface area contributed by atoms with E-state index in [0.717, 1.165) is 30.8 Å². The molecule has 0 radical (unpaired) electrons. The number of amides is 1. The van der Waals surface area contributed by atoms with Gasteiger partial charge in [-0.1, -0.05) is 39.3 Å². The molecule has 0 unspecified atom stereocenters. The lowest BCUT2D eigenvalue weighted by Gasteiger charge is -2.19. The molecule has 0 bridgehead atoms. The summed E-state index contributed by atoms with van der Waals surface area (Å²) in [7, 11) is 2.04. The fraction of sp³-hybridized carbons (Fsp3) is 0.400. The maximum Gasteiger partial charge on any atom is 0.274 e. The molecule has 1 aromatic carbocycles. The van der Waals surface area contributed by atoms with Crippen LogP contribution in [0.15, 0.2) is 42.6 Å². The number of nitrogens with one attached hydrogen (secondary N) is 1. The molecule has 2 rings (SSSR count). The summed E-state index contributed by atoms with van der Waals surface area (Å²) < 4.78 is 0. The minimum absolute atomic E-state index is 0.182. The predicted octanol–water partition coefficient (Wildman–Crippen LogP) is 4.69. The Kier molecular flexibility index (Phi) is 6.36. The van der Waals surface area contributed by atoms with Crippen molar-refractivity contribution in [2.24, 2.45) is 0 Å². The molecule has 128 valence electrons. The van der Waals surface area contributed by atoms with Crippen molar-refractivity contribution < 1.29 is 4.79 Å². The van der Waals surface area contributed by atoms with Gasteiger partial charge in [-0.3, -0.25) is 9.78 Å². The number of hydrogen-bond acceptors (Lipinski definition) is 3. The van der Waals surface area contributed by atoms with Gasteiger partial charge in [0.05, 0.1) is 0 Å². The highest BCUT2D eigenvalue weighted by atomic mass is 16.1. The fourth-order valence-electron chi connectivity index (χ4n) is 2.45. The number of carbonyl (C=O) groups excluding carboxylic acids is 1. The number of hydrogen-bond donors (Lipinski definition) is 1. The summed E-state index contributed by atoms with van der Waals surface area (Å²) in [5.74, 6) is 0.296. The Hall–Kier alpha value is -2.36. The van der Waals surface area contributed by atoms with Crippen LogP contribution in [-0.4, -0.2) is 24.5 Å². The van der Waals surface area contributed by atoms with Crippen LogP contribution in [-0.2, 0) is 0 Å². The summed E-state index contributed by atoms with van der Waals surface area (Å²) in [5.41, 5.74) is 3.49. The van der Waals surface area contributed by atoms with Gasteiger partial charge in [0.2, 0.25) is 0 Å². The first kappa shape index (κ1) is 18.0. The Bertz CT molecular complexity index is 665. The van der Waals surface area contributed by atoms with E-state index in [1.165, 1.54) is 5.56 Å². The van der Waals surface area contributed by atoms with Gasteiger partial charge in [-0.15, -0.1) is 0 Å². The molecular weight excluding hydrogens is 298 g/mol. The first-order valence-corrected chi connectivity index (χ1v) is 8.59. The number of unbranched alkanes of at least 4 members (excludes halogenated alkanes) is 1. The second-order valence-electron chi connectivity index (χ2n) is 6.41. The van der Waals surface area contributed by atoms with Gasteiger partial charge in [0.25, 0.3) is 5.91 Å². The van der Waals surface area contributed by atoms with Crippen molar-refractivity contribution in [2.45, 2.75) is 39.5 Å². The molecule has 24 heavy (non-hydrogen) atoms. The third-order valence-electron chi connectivity index (χ3n) is 4.10. The van der Waals surface area contributed by atoms with Crippen molar-refractivity contribution in [2.75, 3.05) is 23.8 Å². The average molecular weight is 325 g/mol. The van der Waals surface area contributed by atoms with Crippen molar-refractivity contribution in [1.29, 1.82) is 0 Å². The van der Waals surface area contributed by atoms with E-state index in [1.807, 2.05) is 43.4 Å². The topological polar surface area (TPSA) is 45.2 Å². The van der Waals surface area contributed by atoms with Crippen molar-refractivity contribution in [3.8, 4) is 0 Å². The molecule has 1 heterocycles. The molecule has 0 aliphatic carbocycles. The molecular formula is C20H27N3O. The summed E-state index contributed by atoms with van der Waals surface area (Å²) in [6.07, 6.45) is 3.96. The van der Waals surface area contributed by atoms with Crippen LogP contribution in [0.3, 0.4) is 0 Å². The zero-order valence-electron chi connectivity index (χ0n) is 15.0. The van der Waals surface area contributed by atoms with E-state index in [2.05, 4.69) is 36.0 Å². The molecule has 2 aromatic rings. The first-order valence-electron chi connectivity index (χ1n) is 8.59. The van der Waals surface area contributed by atoms with E-state index in [9.17, 15) is 4.79 Å². The summed E-state index contributed by atoms with van der Waals surface area (Å²) in [4.78, 5) is 18.8. The Morgan fingerprint density at radius 3 is 2.54 bits per heavy atom. The Morgan fingerprint density at radius 2 is 1.92 bits per heavy atom. The van der Waals surface area contributed by atoms with Crippen LogP contribution in [0.1, 0.15) is 55.6 Å². The zero-order chi connectivity index (χ0) is 17.5. The number of carbonyl (C=O) groups is 1. The summed E-state index contributed by atoms with van der Waals surface area (Å²) in [6, 6.07) is 11.7. The maximum absolute atomic E-state index is 12.4. The Balaban J connectivity index is 2.06. The van der Waals surface area contributed by atoms with E-state index in [1.54, 1.807) is 6.20 Å². The van der Waals surface area contributed by atoms with Gasteiger partial charge < -0.3 is 10.2 Å². The van der Waals surface area contributed by atoms with Crippen molar-refractivity contribution in [1.82, 2.24) is 4.98 Å². The van der Waals surface area contributed by atoms with Crippen LogP contribution in [0.4, 0.5) is 11.4 Å². The van der Waals surface area contributed by atoms with Gasteiger partial charge in [-0.25, -0.2) is 0 Å². The van der Waals surface area contributed by atoms with Gasteiger partial charge >= 0.3 is 0 Å². The number of nitrogens with zero attached hydrogens (tertiary/aromatic N) is 2. The number of pyridine rings is 1. The second kappa shape index (κ2) is 8.48. The lowest BCUT2D eigenvalue weighted by atomic mass is 10.0. The van der Waals surface area contributed by atoms with Crippen LogP contribution in [0, 0.1) is 0 Å². The molecule has 0 saturated carbocycles. The zero-order valence-corrected chi connectivity index (χ0v) is 15.0. The predicted molar refractivity (Wildman–Crippen MR) is 101 cm³/mol. The van der Waals surface area contributed by atoms with Gasteiger partial charge in [-0.2, -0.15) is 0 Å². The lowest BCUT2D eigenvalue weighted by molar-refractivity contribution is 0.102. The number of aromatic nitrogens is 1. The highest BCUT2D eigenvalue weighted by Gasteiger charge is 2.10. The number of benzene rings is 1. The molecule has 4 heteroatoms. The third kappa shape index (κ3) is 4.82. The molecule has 0 atom stereocenters. The smallest absolute Gasteiger partial charge is 0.274 e.